The van der Waals surface area contributed by atoms with Gasteiger partial charge in [0.05, 0.1) is 0 Å². The Morgan fingerprint density at radius 3 is 1.74 bits per heavy atom. The maximum Gasteiger partial charge on any atom is 0.164 e. The molecule has 9 aromatic carbocycles. The number of fused-ring (bicyclic) bond motifs is 9. The Morgan fingerprint density at radius 1 is 0.302 bits per heavy atom. The Labute approximate surface area is 304 Å². The molecule has 53 heavy (non-hydrogen) atoms. The summed E-state index contributed by atoms with van der Waals surface area (Å²) in [5.74, 6) is 1.85. The number of nitrogens with zero attached hydrogens (tertiary/aromatic N) is 3. The van der Waals surface area contributed by atoms with E-state index in [-0.39, 0.29) is 0 Å². The normalized spacial score (nSPS) is 11.8. The van der Waals surface area contributed by atoms with Gasteiger partial charge in [0.25, 0.3) is 0 Å². The first-order valence-corrected chi connectivity index (χ1v) is 17.9. The molecule has 0 aliphatic carbocycles. The minimum absolute atomic E-state index is 0.599. The molecule has 4 nitrogen and oxygen atoms in total. The van der Waals surface area contributed by atoms with Crippen molar-refractivity contribution in [2.45, 2.75) is 0 Å². The van der Waals surface area contributed by atoms with E-state index in [4.69, 9.17) is 19.4 Å². The summed E-state index contributed by atoms with van der Waals surface area (Å²) in [5.41, 5.74) is 6.66. The maximum absolute atomic E-state index is 6.51. The highest BCUT2D eigenvalue weighted by Gasteiger charge is 2.19. The summed E-state index contributed by atoms with van der Waals surface area (Å²) in [7, 11) is 0. The second-order valence-corrected chi connectivity index (χ2v) is 13.6. The van der Waals surface area contributed by atoms with Gasteiger partial charge in [-0.3, -0.25) is 0 Å². The fourth-order valence-corrected chi connectivity index (χ4v) is 7.95. The molecule has 2 aromatic heterocycles. The number of aromatic nitrogens is 3. The van der Waals surface area contributed by atoms with Crippen LogP contribution in [0.15, 0.2) is 180 Å². The zero-order valence-electron chi connectivity index (χ0n) is 28.5. The monoisotopic (exact) mass is 675 g/mol. The van der Waals surface area contributed by atoms with Crippen LogP contribution in [-0.2, 0) is 0 Å². The zero-order valence-corrected chi connectivity index (χ0v) is 28.5. The third-order valence-corrected chi connectivity index (χ3v) is 10.5. The van der Waals surface area contributed by atoms with E-state index in [0.717, 1.165) is 65.9 Å². The van der Waals surface area contributed by atoms with Gasteiger partial charge in [0.1, 0.15) is 11.2 Å². The van der Waals surface area contributed by atoms with E-state index in [9.17, 15) is 0 Å². The molecule has 11 rings (SSSR count). The van der Waals surface area contributed by atoms with Crippen LogP contribution in [0.5, 0.6) is 0 Å². The molecule has 246 valence electrons. The first-order valence-electron chi connectivity index (χ1n) is 17.9. The Balaban J connectivity index is 1.16. The highest BCUT2D eigenvalue weighted by atomic mass is 16.3. The molecule has 0 saturated carbocycles. The molecule has 0 amide bonds. The largest absolute Gasteiger partial charge is 0.456 e. The van der Waals surface area contributed by atoms with E-state index in [1.807, 2.05) is 18.2 Å². The van der Waals surface area contributed by atoms with Crippen molar-refractivity contribution >= 4 is 65.0 Å². The molecule has 0 atom stereocenters. The standard InChI is InChI=1S/C49H29N3O/c1-2-10-30(11-3-1)34-24-27-41-45(29-34)53-44-19-9-18-42(46(41)44)49-51-47(50-48(52-49)40-17-8-14-31-12-4-7-16-37(31)40)35-21-20-33-23-25-38-36-15-6-5-13-32(36)22-26-39(38)43(33)28-35/h1-29H. The van der Waals surface area contributed by atoms with Crippen LogP contribution in [0.2, 0.25) is 0 Å². The van der Waals surface area contributed by atoms with Crippen molar-refractivity contribution < 1.29 is 4.42 Å². The summed E-state index contributed by atoms with van der Waals surface area (Å²) >= 11 is 0. The summed E-state index contributed by atoms with van der Waals surface area (Å²) in [6.45, 7) is 0. The van der Waals surface area contributed by atoms with Gasteiger partial charge in [-0.2, -0.15) is 0 Å². The molecule has 0 aliphatic rings. The lowest BCUT2D eigenvalue weighted by molar-refractivity contribution is 0.669. The summed E-state index contributed by atoms with van der Waals surface area (Å²) < 4.78 is 6.51. The maximum atomic E-state index is 6.51. The number of hydrogen-bond donors (Lipinski definition) is 0. The first kappa shape index (κ1) is 29.5. The Morgan fingerprint density at radius 2 is 0.887 bits per heavy atom. The third-order valence-electron chi connectivity index (χ3n) is 10.5. The molecule has 0 N–H and O–H groups in total. The van der Waals surface area contributed by atoms with Gasteiger partial charge in [0.2, 0.25) is 0 Å². The van der Waals surface area contributed by atoms with Crippen molar-refractivity contribution in [2.75, 3.05) is 0 Å². The van der Waals surface area contributed by atoms with Gasteiger partial charge in [0, 0.05) is 27.5 Å². The average molecular weight is 676 g/mol. The topological polar surface area (TPSA) is 51.8 Å². The van der Waals surface area contributed by atoms with Crippen molar-refractivity contribution in [1.29, 1.82) is 0 Å². The SMILES string of the molecule is c1ccc(-c2ccc3c(c2)oc2cccc(-c4nc(-c5ccc6ccc7c8ccccc8ccc7c6c5)nc(-c5cccc6ccccc56)n4)c23)cc1. The van der Waals surface area contributed by atoms with Crippen LogP contribution >= 0.6 is 0 Å². The molecule has 0 aliphatic heterocycles. The fraction of sp³-hybridized carbons (Fsp3) is 0. The molecule has 0 unspecified atom stereocenters. The average Bonchev–Trinajstić information content (AvgIpc) is 3.61. The Bertz CT molecular complexity index is 3230. The fourth-order valence-electron chi connectivity index (χ4n) is 7.95. The van der Waals surface area contributed by atoms with Gasteiger partial charge in [-0.1, -0.05) is 152 Å². The molecule has 11 aromatic rings. The lowest BCUT2D eigenvalue weighted by Gasteiger charge is -2.12. The molecule has 0 spiro atoms. The highest BCUT2D eigenvalue weighted by Crippen LogP contribution is 2.39. The van der Waals surface area contributed by atoms with E-state index in [1.54, 1.807) is 0 Å². The molecule has 2 heterocycles. The van der Waals surface area contributed by atoms with E-state index < -0.39 is 0 Å². The van der Waals surface area contributed by atoms with Crippen molar-refractivity contribution in [2.24, 2.45) is 0 Å². The molecule has 0 bridgehead atoms. The van der Waals surface area contributed by atoms with Crippen LogP contribution in [0, 0.1) is 0 Å². The smallest absolute Gasteiger partial charge is 0.164 e. The summed E-state index contributed by atoms with van der Waals surface area (Å²) in [5, 5.41) is 11.5. The lowest BCUT2D eigenvalue weighted by atomic mass is 9.96. The zero-order chi connectivity index (χ0) is 34.9. The van der Waals surface area contributed by atoms with Crippen molar-refractivity contribution in [3.05, 3.63) is 176 Å². The van der Waals surface area contributed by atoms with Crippen LogP contribution in [0.25, 0.3) is 110 Å². The van der Waals surface area contributed by atoms with Crippen LogP contribution in [0.3, 0.4) is 0 Å². The minimum atomic E-state index is 0.599. The Kier molecular flexibility index (Phi) is 6.52. The molecule has 0 fully saturated rings. The lowest BCUT2D eigenvalue weighted by Crippen LogP contribution is -2.01. The van der Waals surface area contributed by atoms with Crippen molar-refractivity contribution in [1.82, 2.24) is 15.0 Å². The van der Waals surface area contributed by atoms with Crippen LogP contribution in [-0.4, -0.2) is 15.0 Å². The number of hydrogen-bond acceptors (Lipinski definition) is 4. The summed E-state index contributed by atoms with van der Waals surface area (Å²) in [4.78, 5) is 15.7. The van der Waals surface area contributed by atoms with Crippen LogP contribution in [0.1, 0.15) is 0 Å². The van der Waals surface area contributed by atoms with Crippen molar-refractivity contribution in [3.63, 3.8) is 0 Å². The second-order valence-electron chi connectivity index (χ2n) is 13.6. The predicted molar refractivity (Wildman–Crippen MR) is 219 cm³/mol. The predicted octanol–water partition coefficient (Wildman–Crippen LogP) is 13.1. The highest BCUT2D eigenvalue weighted by molar-refractivity contribution is 6.18. The molecule has 0 saturated heterocycles. The quantitative estimate of drug-likeness (QED) is 0.174. The molecular formula is C49H29N3O. The summed E-state index contributed by atoms with van der Waals surface area (Å²) in [6, 6.07) is 61.6. The van der Waals surface area contributed by atoms with Gasteiger partial charge in [-0.05, 0) is 78.5 Å². The van der Waals surface area contributed by atoms with E-state index in [0.29, 0.717) is 17.5 Å². The van der Waals surface area contributed by atoms with Crippen LogP contribution < -0.4 is 0 Å². The first-order chi connectivity index (χ1) is 26.2. The number of furan rings is 1. The van der Waals surface area contributed by atoms with Gasteiger partial charge in [-0.15, -0.1) is 0 Å². The van der Waals surface area contributed by atoms with E-state index >= 15 is 0 Å². The van der Waals surface area contributed by atoms with Gasteiger partial charge in [0.15, 0.2) is 17.5 Å². The van der Waals surface area contributed by atoms with Crippen LogP contribution in [0.4, 0.5) is 0 Å². The van der Waals surface area contributed by atoms with E-state index in [2.05, 4.69) is 158 Å². The molecular weight excluding hydrogens is 647 g/mol. The van der Waals surface area contributed by atoms with Crippen molar-refractivity contribution in [3.8, 4) is 45.3 Å². The Hall–Kier alpha value is -7.17. The molecule has 4 heteroatoms. The minimum Gasteiger partial charge on any atom is -0.456 e. The van der Waals surface area contributed by atoms with E-state index in [1.165, 1.54) is 26.9 Å². The molecule has 0 radical (unpaired) electrons. The number of benzene rings is 9. The van der Waals surface area contributed by atoms with Gasteiger partial charge in [-0.25, -0.2) is 15.0 Å². The number of rotatable bonds is 4. The third kappa shape index (κ3) is 4.80. The van der Waals surface area contributed by atoms with Gasteiger partial charge < -0.3 is 4.42 Å². The van der Waals surface area contributed by atoms with Gasteiger partial charge >= 0.3 is 0 Å². The summed E-state index contributed by atoms with van der Waals surface area (Å²) in [6.07, 6.45) is 0. The second kappa shape index (κ2) is 11.7.